The minimum atomic E-state index is -0.204. The van der Waals surface area contributed by atoms with Gasteiger partial charge >= 0.3 is 0 Å². The summed E-state index contributed by atoms with van der Waals surface area (Å²) in [6.07, 6.45) is 4.06. The fraction of sp³-hybridized carbons (Fsp3) is 0.750. The Bertz CT molecular complexity index is 197. The molecule has 0 unspecified atom stereocenters. The molecule has 0 aromatic heterocycles. The maximum absolute atomic E-state index is 11.1. The Morgan fingerprint density at radius 1 is 1.57 bits per heavy atom. The van der Waals surface area contributed by atoms with Gasteiger partial charge in [0.15, 0.2) is 0 Å². The van der Waals surface area contributed by atoms with E-state index < -0.39 is 0 Å². The van der Waals surface area contributed by atoms with Crippen LogP contribution in [-0.4, -0.2) is 35.5 Å². The van der Waals surface area contributed by atoms with Crippen molar-refractivity contribution in [2.45, 2.75) is 19.3 Å². The highest BCUT2D eigenvalue weighted by Gasteiger charge is 2.03. The van der Waals surface area contributed by atoms with Gasteiger partial charge in [0.2, 0.25) is 5.91 Å². The summed E-state index contributed by atoms with van der Waals surface area (Å²) in [6.45, 7) is 0.651. The molecule has 82 valence electrons. The van der Waals surface area contributed by atoms with E-state index in [1.807, 2.05) is 0 Å². The van der Waals surface area contributed by atoms with Crippen molar-refractivity contribution in [3.63, 3.8) is 0 Å². The highest BCUT2D eigenvalue weighted by atomic mass is 32.2. The molecule has 1 amide bonds. The van der Waals surface area contributed by atoms with E-state index in [4.69, 9.17) is 10.9 Å². The SMILES string of the molecule is CSCCCCNC(=O)CC(N)=NO. The Morgan fingerprint density at radius 3 is 2.86 bits per heavy atom. The molecule has 0 rings (SSSR count). The second-order valence-electron chi connectivity index (χ2n) is 2.82. The number of thioether (sulfide) groups is 1. The van der Waals surface area contributed by atoms with Crippen LogP contribution in [0.1, 0.15) is 19.3 Å². The molecule has 0 fully saturated rings. The number of nitrogens with one attached hydrogen (secondary N) is 1. The molecule has 0 atom stereocenters. The average molecular weight is 219 g/mol. The van der Waals surface area contributed by atoms with Crippen LogP contribution >= 0.6 is 11.8 Å². The maximum Gasteiger partial charge on any atom is 0.227 e. The quantitative estimate of drug-likeness (QED) is 0.190. The van der Waals surface area contributed by atoms with Crippen LogP contribution in [0.5, 0.6) is 0 Å². The first kappa shape index (κ1) is 13.1. The number of unbranched alkanes of at least 4 members (excludes halogenated alkanes) is 1. The zero-order chi connectivity index (χ0) is 10.8. The number of carbonyl (C=O) groups excluding carboxylic acids is 1. The van der Waals surface area contributed by atoms with Gasteiger partial charge in [-0.05, 0) is 24.9 Å². The normalized spacial score (nSPS) is 11.4. The summed E-state index contributed by atoms with van der Waals surface area (Å²) in [4.78, 5) is 11.1. The minimum Gasteiger partial charge on any atom is -0.409 e. The average Bonchev–Trinajstić information content (AvgIpc) is 2.17. The van der Waals surface area contributed by atoms with Gasteiger partial charge in [0, 0.05) is 6.54 Å². The van der Waals surface area contributed by atoms with Crippen molar-refractivity contribution >= 4 is 23.5 Å². The molecule has 0 aliphatic heterocycles. The second kappa shape index (κ2) is 8.68. The summed E-state index contributed by atoms with van der Waals surface area (Å²) in [6, 6.07) is 0. The lowest BCUT2D eigenvalue weighted by atomic mass is 10.3. The Balaban J connectivity index is 3.36. The van der Waals surface area contributed by atoms with Gasteiger partial charge in [-0.3, -0.25) is 4.79 Å². The first-order valence-corrected chi connectivity index (χ1v) is 5.82. The molecule has 0 saturated heterocycles. The molecule has 0 spiro atoms. The van der Waals surface area contributed by atoms with Crippen LogP contribution in [-0.2, 0) is 4.79 Å². The van der Waals surface area contributed by atoms with Crippen LogP contribution in [0.3, 0.4) is 0 Å². The third-order valence-corrected chi connectivity index (χ3v) is 2.26. The van der Waals surface area contributed by atoms with Crippen molar-refractivity contribution in [2.24, 2.45) is 10.9 Å². The van der Waals surface area contributed by atoms with Crippen LogP contribution in [0.4, 0.5) is 0 Å². The summed E-state index contributed by atoms with van der Waals surface area (Å²) >= 11 is 1.79. The highest BCUT2D eigenvalue weighted by molar-refractivity contribution is 7.98. The number of amidine groups is 1. The minimum absolute atomic E-state index is 0.0426. The van der Waals surface area contributed by atoms with Gasteiger partial charge < -0.3 is 16.3 Å². The Kier molecular flexibility index (Phi) is 8.11. The van der Waals surface area contributed by atoms with Crippen molar-refractivity contribution in [1.29, 1.82) is 0 Å². The van der Waals surface area contributed by atoms with Crippen molar-refractivity contribution < 1.29 is 10.0 Å². The molecule has 0 aliphatic rings. The van der Waals surface area contributed by atoms with Gasteiger partial charge in [-0.1, -0.05) is 5.16 Å². The fourth-order valence-electron chi connectivity index (χ4n) is 0.862. The molecule has 0 aliphatic carbocycles. The van der Waals surface area contributed by atoms with E-state index in [9.17, 15) is 4.79 Å². The molecule has 0 bridgehead atoms. The fourth-order valence-corrected chi connectivity index (χ4v) is 1.35. The lowest BCUT2D eigenvalue weighted by Crippen LogP contribution is -2.29. The Morgan fingerprint density at radius 2 is 2.29 bits per heavy atom. The Hall–Kier alpha value is -0.910. The van der Waals surface area contributed by atoms with Crippen molar-refractivity contribution in [2.75, 3.05) is 18.6 Å². The van der Waals surface area contributed by atoms with Crippen molar-refractivity contribution in [1.82, 2.24) is 5.32 Å². The van der Waals surface area contributed by atoms with E-state index in [2.05, 4.69) is 16.7 Å². The van der Waals surface area contributed by atoms with Crippen LogP contribution in [0.2, 0.25) is 0 Å². The topological polar surface area (TPSA) is 87.7 Å². The van der Waals surface area contributed by atoms with Crippen LogP contribution in [0.15, 0.2) is 5.16 Å². The van der Waals surface area contributed by atoms with E-state index in [0.717, 1.165) is 18.6 Å². The standard InChI is InChI=1S/C8H17N3O2S/c1-14-5-3-2-4-10-8(12)6-7(9)11-13/h13H,2-6H2,1H3,(H2,9,11)(H,10,12). The summed E-state index contributed by atoms with van der Waals surface area (Å²) in [5, 5.41) is 13.6. The highest BCUT2D eigenvalue weighted by Crippen LogP contribution is 1.97. The zero-order valence-corrected chi connectivity index (χ0v) is 9.14. The lowest BCUT2D eigenvalue weighted by molar-refractivity contribution is -0.119. The number of hydrogen-bond donors (Lipinski definition) is 3. The molecule has 4 N–H and O–H groups in total. The predicted octanol–water partition coefficient (Wildman–Crippen LogP) is 0.382. The van der Waals surface area contributed by atoms with Crippen LogP contribution < -0.4 is 11.1 Å². The van der Waals surface area contributed by atoms with E-state index in [1.165, 1.54) is 0 Å². The summed E-state index contributed by atoms with van der Waals surface area (Å²) in [5.74, 6) is 0.840. The monoisotopic (exact) mass is 219 g/mol. The number of amides is 1. The van der Waals surface area contributed by atoms with E-state index in [1.54, 1.807) is 11.8 Å². The summed E-state index contributed by atoms with van der Waals surface area (Å²) in [5.41, 5.74) is 5.16. The number of nitrogens with zero attached hydrogens (tertiary/aromatic N) is 1. The molecule has 14 heavy (non-hydrogen) atoms. The van der Waals surface area contributed by atoms with Crippen LogP contribution in [0.25, 0.3) is 0 Å². The molecule has 5 nitrogen and oxygen atoms in total. The van der Waals surface area contributed by atoms with E-state index in [-0.39, 0.29) is 18.2 Å². The molecule has 0 saturated carbocycles. The van der Waals surface area contributed by atoms with Crippen molar-refractivity contribution in [3.05, 3.63) is 0 Å². The third-order valence-electron chi connectivity index (χ3n) is 1.57. The molecule has 0 heterocycles. The zero-order valence-electron chi connectivity index (χ0n) is 8.32. The summed E-state index contributed by atoms with van der Waals surface area (Å²) in [7, 11) is 0. The van der Waals surface area contributed by atoms with E-state index >= 15 is 0 Å². The van der Waals surface area contributed by atoms with Gasteiger partial charge in [0.1, 0.15) is 5.84 Å². The molecule has 6 heteroatoms. The molecular weight excluding hydrogens is 202 g/mol. The number of rotatable bonds is 7. The van der Waals surface area contributed by atoms with Crippen LogP contribution in [0, 0.1) is 0 Å². The number of carbonyl (C=O) groups is 1. The van der Waals surface area contributed by atoms with Gasteiger partial charge in [-0.15, -0.1) is 0 Å². The predicted molar refractivity (Wildman–Crippen MR) is 58.7 cm³/mol. The third kappa shape index (κ3) is 7.72. The smallest absolute Gasteiger partial charge is 0.227 e. The summed E-state index contributed by atoms with van der Waals surface area (Å²) < 4.78 is 0. The molecular formula is C8H17N3O2S. The van der Waals surface area contributed by atoms with Gasteiger partial charge in [-0.2, -0.15) is 11.8 Å². The number of nitrogens with two attached hydrogens (primary N) is 1. The van der Waals surface area contributed by atoms with Crippen molar-refractivity contribution in [3.8, 4) is 0 Å². The maximum atomic E-state index is 11.1. The van der Waals surface area contributed by atoms with E-state index in [0.29, 0.717) is 6.54 Å². The first-order valence-electron chi connectivity index (χ1n) is 4.42. The second-order valence-corrected chi connectivity index (χ2v) is 3.80. The Labute approximate surface area is 88.1 Å². The molecule has 0 radical (unpaired) electrons. The van der Waals surface area contributed by atoms with Gasteiger partial charge in [-0.25, -0.2) is 0 Å². The molecule has 0 aromatic rings. The number of hydrogen-bond acceptors (Lipinski definition) is 4. The molecule has 0 aromatic carbocycles. The van der Waals surface area contributed by atoms with Gasteiger partial charge in [0.05, 0.1) is 6.42 Å². The first-order chi connectivity index (χ1) is 6.70. The lowest BCUT2D eigenvalue weighted by Gasteiger charge is -2.03. The number of oxime groups is 1. The largest absolute Gasteiger partial charge is 0.409 e. The van der Waals surface area contributed by atoms with Gasteiger partial charge in [0.25, 0.3) is 0 Å².